The quantitative estimate of drug-likeness (QED) is 0.306. The summed E-state index contributed by atoms with van der Waals surface area (Å²) >= 11 is 1.32. The second-order valence-corrected chi connectivity index (χ2v) is 5.24. The molecule has 0 bridgehead atoms. The van der Waals surface area contributed by atoms with Gasteiger partial charge < -0.3 is 14.7 Å². The number of thioether (sulfide) groups is 1. The number of aliphatic carboxylic acids is 1. The Kier molecular flexibility index (Phi) is 4.02. The molecule has 0 aromatic carbocycles. The minimum absolute atomic E-state index is 0.125. The van der Waals surface area contributed by atoms with Crippen LogP contribution in [0.4, 0.5) is 0 Å². The lowest BCUT2D eigenvalue weighted by atomic mass is 10.00. The summed E-state index contributed by atoms with van der Waals surface area (Å²) in [6.07, 6.45) is 1.31. The zero-order valence-electron chi connectivity index (χ0n) is 11.0. The minimum Gasteiger partial charge on any atom is -0.477 e. The highest BCUT2D eigenvalue weighted by Gasteiger charge is 2.63. The van der Waals surface area contributed by atoms with Gasteiger partial charge in [0.05, 0.1) is 6.21 Å². The van der Waals surface area contributed by atoms with Crippen LogP contribution in [0.5, 0.6) is 0 Å². The first-order valence-corrected chi connectivity index (χ1v) is 6.93. The number of nitrogens with two attached hydrogens (primary N) is 1. The van der Waals surface area contributed by atoms with Gasteiger partial charge in [0, 0.05) is 18.4 Å². The SMILES string of the molecule is CCON=CC1=C(C(=O)O)N2C(=O)[C@](N)(OC)[C@@H]2SC1. The van der Waals surface area contributed by atoms with Crippen molar-refractivity contribution in [3.8, 4) is 0 Å². The highest BCUT2D eigenvalue weighted by atomic mass is 32.2. The average Bonchev–Trinajstić information content (AvgIpc) is 2.45. The van der Waals surface area contributed by atoms with Crippen LogP contribution in [-0.4, -0.2) is 58.7 Å². The van der Waals surface area contributed by atoms with Gasteiger partial charge in [0.2, 0.25) is 5.72 Å². The lowest BCUT2D eigenvalue weighted by Crippen LogP contribution is -2.78. The maximum atomic E-state index is 12.0. The van der Waals surface area contributed by atoms with Crippen molar-refractivity contribution in [2.45, 2.75) is 18.0 Å². The van der Waals surface area contributed by atoms with E-state index in [2.05, 4.69) is 5.16 Å². The second kappa shape index (κ2) is 5.43. The van der Waals surface area contributed by atoms with Crippen molar-refractivity contribution < 1.29 is 24.3 Å². The van der Waals surface area contributed by atoms with Crippen molar-refractivity contribution in [3.05, 3.63) is 11.3 Å². The minimum atomic E-state index is -1.46. The van der Waals surface area contributed by atoms with Crippen LogP contribution in [0, 0.1) is 0 Å². The molecule has 2 aliphatic rings. The summed E-state index contributed by atoms with van der Waals surface area (Å²) in [5.74, 6) is -1.42. The van der Waals surface area contributed by atoms with Gasteiger partial charge in [0.1, 0.15) is 17.7 Å². The molecule has 20 heavy (non-hydrogen) atoms. The van der Waals surface area contributed by atoms with Gasteiger partial charge in [-0.3, -0.25) is 15.4 Å². The predicted octanol–water partition coefficient (Wildman–Crippen LogP) is -0.436. The molecule has 2 atom stereocenters. The van der Waals surface area contributed by atoms with E-state index in [-0.39, 0.29) is 5.70 Å². The lowest BCUT2D eigenvalue weighted by Gasteiger charge is -2.53. The second-order valence-electron chi connectivity index (χ2n) is 4.17. The zero-order chi connectivity index (χ0) is 14.9. The number of carbonyl (C=O) groups excluding carboxylic acids is 1. The van der Waals surface area contributed by atoms with E-state index in [1.54, 1.807) is 6.92 Å². The molecule has 2 aliphatic heterocycles. The molecule has 0 unspecified atom stereocenters. The van der Waals surface area contributed by atoms with E-state index in [1.807, 2.05) is 0 Å². The van der Waals surface area contributed by atoms with Crippen LogP contribution < -0.4 is 5.73 Å². The number of carboxylic acids is 1. The fourth-order valence-corrected chi connectivity index (χ4v) is 3.38. The Morgan fingerprint density at radius 3 is 3.00 bits per heavy atom. The predicted molar refractivity (Wildman–Crippen MR) is 71.8 cm³/mol. The van der Waals surface area contributed by atoms with Gasteiger partial charge in [-0.25, -0.2) is 4.79 Å². The molecule has 0 radical (unpaired) electrons. The Morgan fingerprint density at radius 2 is 2.45 bits per heavy atom. The van der Waals surface area contributed by atoms with Crippen molar-refractivity contribution in [2.75, 3.05) is 19.5 Å². The summed E-state index contributed by atoms with van der Waals surface area (Å²) in [4.78, 5) is 29.4. The number of β-lactam (4-membered cyclic amide) rings is 1. The number of oxime groups is 1. The van der Waals surface area contributed by atoms with Crippen LogP contribution in [0.25, 0.3) is 0 Å². The standard InChI is InChI=1S/C11H15N3O5S/c1-3-19-13-4-6-5-20-10-11(12,18-2)9(17)14(10)7(6)8(15)16/h4,10H,3,5,12H2,1-2H3,(H,15,16)/t10-,11-/m0/s1. The van der Waals surface area contributed by atoms with E-state index in [1.165, 1.54) is 25.1 Å². The van der Waals surface area contributed by atoms with Crippen molar-refractivity contribution >= 4 is 29.9 Å². The normalized spacial score (nSPS) is 29.4. The van der Waals surface area contributed by atoms with Gasteiger partial charge in [0.25, 0.3) is 5.91 Å². The highest BCUT2D eigenvalue weighted by Crippen LogP contribution is 2.44. The van der Waals surface area contributed by atoms with E-state index in [0.29, 0.717) is 17.9 Å². The number of rotatable bonds is 5. The largest absolute Gasteiger partial charge is 0.477 e. The number of amides is 1. The molecule has 1 amide bonds. The fourth-order valence-electron chi connectivity index (χ4n) is 2.04. The molecule has 9 heteroatoms. The fraction of sp³-hybridized carbons (Fsp3) is 0.545. The Labute approximate surface area is 119 Å². The molecule has 1 saturated heterocycles. The molecule has 1 fully saturated rings. The van der Waals surface area contributed by atoms with Crippen LogP contribution in [0.15, 0.2) is 16.4 Å². The van der Waals surface area contributed by atoms with Crippen molar-refractivity contribution in [2.24, 2.45) is 10.9 Å². The molecule has 0 aromatic rings. The third-order valence-corrected chi connectivity index (χ3v) is 4.40. The molecule has 0 saturated carbocycles. The number of methoxy groups -OCH3 is 1. The molecule has 110 valence electrons. The monoisotopic (exact) mass is 301 g/mol. The van der Waals surface area contributed by atoms with Gasteiger partial charge >= 0.3 is 5.97 Å². The van der Waals surface area contributed by atoms with Gasteiger partial charge in [-0.2, -0.15) is 0 Å². The summed E-state index contributed by atoms with van der Waals surface area (Å²) in [6.45, 7) is 2.13. The summed E-state index contributed by atoms with van der Waals surface area (Å²) in [7, 11) is 1.33. The van der Waals surface area contributed by atoms with Crippen molar-refractivity contribution in [3.63, 3.8) is 0 Å². The molecule has 3 N–H and O–H groups in total. The van der Waals surface area contributed by atoms with Crippen molar-refractivity contribution in [1.82, 2.24) is 4.90 Å². The number of nitrogens with zero attached hydrogens (tertiary/aromatic N) is 2. The van der Waals surface area contributed by atoms with E-state index in [0.717, 1.165) is 4.90 Å². The molecule has 2 rings (SSSR count). The molecule has 8 nitrogen and oxygen atoms in total. The first kappa shape index (κ1) is 14.8. The zero-order valence-corrected chi connectivity index (χ0v) is 11.8. The molecule has 2 heterocycles. The summed E-state index contributed by atoms with van der Waals surface area (Å²) < 4.78 is 5.01. The first-order valence-electron chi connectivity index (χ1n) is 5.88. The van der Waals surface area contributed by atoms with Crippen LogP contribution in [0.2, 0.25) is 0 Å². The van der Waals surface area contributed by atoms with E-state index in [4.69, 9.17) is 15.3 Å². The Bertz CT molecular complexity index is 506. The summed E-state index contributed by atoms with van der Waals surface area (Å²) in [5, 5.41) is 12.4. The van der Waals surface area contributed by atoms with Gasteiger partial charge in [0.15, 0.2) is 0 Å². The highest BCUT2D eigenvalue weighted by molar-refractivity contribution is 8.00. The number of hydrogen-bond donors (Lipinski definition) is 2. The first-order chi connectivity index (χ1) is 9.47. The topological polar surface area (TPSA) is 114 Å². The van der Waals surface area contributed by atoms with E-state index < -0.39 is 23.0 Å². The molecule has 0 aromatic heterocycles. The third kappa shape index (κ3) is 2.07. The van der Waals surface area contributed by atoms with Gasteiger partial charge in [-0.15, -0.1) is 11.8 Å². The molecule has 0 aliphatic carbocycles. The van der Waals surface area contributed by atoms with Crippen LogP contribution in [0.1, 0.15) is 6.92 Å². The van der Waals surface area contributed by atoms with Crippen LogP contribution in [0.3, 0.4) is 0 Å². The maximum Gasteiger partial charge on any atom is 0.353 e. The Hall–Kier alpha value is -1.58. The van der Waals surface area contributed by atoms with E-state index >= 15 is 0 Å². The van der Waals surface area contributed by atoms with Crippen LogP contribution in [-0.2, 0) is 19.2 Å². The molecular formula is C11H15N3O5S. The third-order valence-electron chi connectivity index (χ3n) is 3.05. The number of hydrogen-bond acceptors (Lipinski definition) is 7. The number of fused-ring (bicyclic) bond motifs is 1. The molecule has 0 spiro atoms. The van der Waals surface area contributed by atoms with E-state index in [9.17, 15) is 14.7 Å². The van der Waals surface area contributed by atoms with Crippen LogP contribution >= 0.6 is 11.8 Å². The smallest absolute Gasteiger partial charge is 0.353 e. The summed E-state index contributed by atoms with van der Waals surface area (Å²) in [5.41, 5.74) is 4.63. The Morgan fingerprint density at radius 1 is 1.75 bits per heavy atom. The Balaban J connectivity index is 2.33. The van der Waals surface area contributed by atoms with Crippen molar-refractivity contribution in [1.29, 1.82) is 0 Å². The lowest BCUT2D eigenvalue weighted by molar-refractivity contribution is -0.182. The number of carboxylic acid groups (broad SMARTS) is 1. The number of carbonyl (C=O) groups is 2. The number of ether oxygens (including phenoxy) is 1. The van der Waals surface area contributed by atoms with Gasteiger partial charge in [-0.05, 0) is 6.92 Å². The maximum absolute atomic E-state index is 12.0. The molecular weight excluding hydrogens is 286 g/mol. The average molecular weight is 301 g/mol. The summed E-state index contributed by atoms with van der Waals surface area (Å²) in [6, 6.07) is 0. The van der Waals surface area contributed by atoms with Gasteiger partial charge in [-0.1, -0.05) is 5.16 Å².